The van der Waals surface area contributed by atoms with Crippen LogP contribution in [0.3, 0.4) is 0 Å². The Bertz CT molecular complexity index is 1280. The third-order valence-electron chi connectivity index (χ3n) is 5.85. The van der Waals surface area contributed by atoms with E-state index in [-0.39, 0.29) is 17.4 Å². The molecule has 0 atom stereocenters. The highest BCUT2D eigenvalue weighted by atomic mass is 35.5. The van der Waals surface area contributed by atoms with Crippen molar-refractivity contribution < 1.29 is 13.6 Å². The summed E-state index contributed by atoms with van der Waals surface area (Å²) >= 11 is 6.08. The van der Waals surface area contributed by atoms with Crippen LogP contribution in [-0.2, 0) is 6.54 Å². The predicted octanol–water partition coefficient (Wildman–Crippen LogP) is 3.86. The standard InChI is InChI=1S/C23H20ClF2N7O/c24-17-1-3-20(4-2-17)33-21(14-32-27-7-8-28-32)29-30-22(33)15-5-9-31(10-6-15)23(34)16-11-18(25)13-19(26)12-16/h1-4,7-8,11-13,15H,5-6,9-10,14H2. The van der Waals surface area contributed by atoms with E-state index in [4.69, 9.17) is 11.6 Å². The monoisotopic (exact) mass is 483 g/mol. The first-order chi connectivity index (χ1) is 16.5. The van der Waals surface area contributed by atoms with Gasteiger partial charge in [-0.05, 0) is 49.2 Å². The zero-order valence-corrected chi connectivity index (χ0v) is 18.7. The van der Waals surface area contributed by atoms with Gasteiger partial charge in [0, 0.05) is 41.3 Å². The maximum atomic E-state index is 13.6. The van der Waals surface area contributed by atoms with E-state index in [0.717, 1.165) is 29.7 Å². The van der Waals surface area contributed by atoms with Crippen LogP contribution in [0.2, 0.25) is 5.02 Å². The molecule has 2 aromatic heterocycles. The largest absolute Gasteiger partial charge is 0.339 e. The highest BCUT2D eigenvalue weighted by molar-refractivity contribution is 6.30. The van der Waals surface area contributed by atoms with Gasteiger partial charge in [0.1, 0.15) is 24.0 Å². The summed E-state index contributed by atoms with van der Waals surface area (Å²) in [5, 5.41) is 17.8. The van der Waals surface area contributed by atoms with Crippen LogP contribution >= 0.6 is 11.6 Å². The average Bonchev–Trinajstić information content (AvgIpc) is 3.49. The van der Waals surface area contributed by atoms with Gasteiger partial charge in [0.15, 0.2) is 5.82 Å². The Labute approximate surface area is 198 Å². The van der Waals surface area contributed by atoms with Crippen molar-refractivity contribution in [1.82, 2.24) is 34.7 Å². The summed E-state index contributed by atoms with van der Waals surface area (Å²) in [7, 11) is 0. The van der Waals surface area contributed by atoms with Crippen LogP contribution in [0.1, 0.15) is 40.8 Å². The zero-order chi connectivity index (χ0) is 23.7. The smallest absolute Gasteiger partial charge is 0.254 e. The first-order valence-electron chi connectivity index (χ1n) is 10.8. The molecule has 0 spiro atoms. The summed E-state index contributed by atoms with van der Waals surface area (Å²) in [6.07, 6.45) is 4.47. The maximum absolute atomic E-state index is 13.6. The second-order valence-electron chi connectivity index (χ2n) is 8.07. The normalized spacial score (nSPS) is 14.5. The summed E-state index contributed by atoms with van der Waals surface area (Å²) in [5.74, 6) is -0.449. The Balaban J connectivity index is 1.38. The van der Waals surface area contributed by atoms with Gasteiger partial charge in [-0.3, -0.25) is 9.36 Å². The molecule has 1 amide bonds. The molecular weight excluding hydrogens is 464 g/mol. The lowest BCUT2D eigenvalue weighted by Gasteiger charge is -2.32. The number of likely N-dealkylation sites (tertiary alicyclic amines) is 1. The molecule has 34 heavy (non-hydrogen) atoms. The van der Waals surface area contributed by atoms with Gasteiger partial charge in [-0.2, -0.15) is 15.0 Å². The van der Waals surface area contributed by atoms with E-state index in [1.165, 1.54) is 4.80 Å². The Morgan fingerprint density at radius 2 is 1.62 bits per heavy atom. The molecule has 2 aromatic carbocycles. The number of benzene rings is 2. The first kappa shape index (κ1) is 22.1. The fourth-order valence-electron chi connectivity index (χ4n) is 4.22. The molecule has 0 bridgehead atoms. The van der Waals surface area contributed by atoms with Crippen molar-refractivity contribution in [2.75, 3.05) is 13.1 Å². The quantitative estimate of drug-likeness (QED) is 0.430. The van der Waals surface area contributed by atoms with Gasteiger partial charge in [-0.1, -0.05) is 11.6 Å². The van der Waals surface area contributed by atoms with Crippen molar-refractivity contribution >= 4 is 17.5 Å². The number of carbonyl (C=O) groups is 1. The minimum absolute atomic E-state index is 0.00860. The second kappa shape index (κ2) is 9.30. The highest BCUT2D eigenvalue weighted by Gasteiger charge is 2.29. The Morgan fingerprint density at radius 3 is 2.26 bits per heavy atom. The van der Waals surface area contributed by atoms with E-state index in [1.54, 1.807) is 29.4 Å². The van der Waals surface area contributed by atoms with Crippen molar-refractivity contribution in [3.63, 3.8) is 0 Å². The fourth-order valence-corrected chi connectivity index (χ4v) is 4.35. The van der Waals surface area contributed by atoms with Gasteiger partial charge in [0.05, 0.1) is 12.4 Å². The summed E-state index contributed by atoms with van der Waals surface area (Å²) in [4.78, 5) is 15.9. The van der Waals surface area contributed by atoms with Gasteiger partial charge in [-0.15, -0.1) is 10.2 Å². The van der Waals surface area contributed by atoms with Crippen molar-refractivity contribution in [3.8, 4) is 5.69 Å². The van der Waals surface area contributed by atoms with Crippen molar-refractivity contribution in [2.24, 2.45) is 0 Å². The summed E-state index contributed by atoms with van der Waals surface area (Å²) in [5.41, 5.74) is 0.870. The number of halogens is 3. The lowest BCUT2D eigenvalue weighted by Crippen LogP contribution is -2.38. The Kier molecular flexibility index (Phi) is 6.06. The number of nitrogens with zero attached hydrogens (tertiary/aromatic N) is 7. The second-order valence-corrected chi connectivity index (χ2v) is 8.51. The molecule has 5 rings (SSSR count). The third-order valence-corrected chi connectivity index (χ3v) is 6.10. The van der Waals surface area contributed by atoms with Gasteiger partial charge in [0.2, 0.25) is 0 Å². The molecule has 3 heterocycles. The Morgan fingerprint density at radius 1 is 0.971 bits per heavy atom. The van der Waals surface area contributed by atoms with Crippen LogP contribution in [0.25, 0.3) is 5.69 Å². The van der Waals surface area contributed by atoms with Crippen molar-refractivity contribution in [1.29, 1.82) is 0 Å². The van der Waals surface area contributed by atoms with E-state index in [2.05, 4.69) is 20.4 Å². The molecule has 0 aliphatic carbocycles. The van der Waals surface area contributed by atoms with E-state index in [9.17, 15) is 13.6 Å². The summed E-state index contributed by atoms with van der Waals surface area (Å²) in [6, 6.07) is 10.3. The number of carbonyl (C=O) groups excluding carboxylic acids is 1. The molecule has 8 nitrogen and oxygen atoms in total. The van der Waals surface area contributed by atoms with E-state index in [1.807, 2.05) is 16.7 Å². The molecule has 1 fully saturated rings. The van der Waals surface area contributed by atoms with Crippen LogP contribution in [0.15, 0.2) is 54.9 Å². The third kappa shape index (κ3) is 4.54. The molecule has 0 saturated carbocycles. The molecule has 0 radical (unpaired) electrons. The maximum Gasteiger partial charge on any atom is 0.254 e. The van der Waals surface area contributed by atoms with Crippen LogP contribution in [0, 0.1) is 11.6 Å². The number of amides is 1. The molecule has 0 N–H and O–H groups in total. The number of piperidine rings is 1. The molecular formula is C23H20ClF2N7O. The minimum Gasteiger partial charge on any atom is -0.339 e. The molecule has 1 aliphatic rings. The summed E-state index contributed by atoms with van der Waals surface area (Å²) in [6.45, 7) is 1.21. The molecule has 1 saturated heterocycles. The van der Waals surface area contributed by atoms with Gasteiger partial charge in [0.25, 0.3) is 5.91 Å². The number of hydrogen-bond acceptors (Lipinski definition) is 5. The number of hydrogen-bond donors (Lipinski definition) is 0. The first-order valence-corrected chi connectivity index (χ1v) is 11.2. The average molecular weight is 484 g/mol. The summed E-state index contributed by atoms with van der Waals surface area (Å²) < 4.78 is 29.1. The Hall–Kier alpha value is -3.66. The predicted molar refractivity (Wildman–Crippen MR) is 120 cm³/mol. The van der Waals surface area contributed by atoms with E-state index < -0.39 is 11.6 Å². The van der Waals surface area contributed by atoms with E-state index >= 15 is 0 Å². The van der Waals surface area contributed by atoms with Crippen LogP contribution in [0.4, 0.5) is 8.78 Å². The van der Waals surface area contributed by atoms with Crippen LogP contribution in [-0.4, -0.2) is 53.7 Å². The zero-order valence-electron chi connectivity index (χ0n) is 18.0. The number of rotatable bonds is 5. The van der Waals surface area contributed by atoms with Crippen molar-refractivity contribution in [2.45, 2.75) is 25.3 Å². The fraction of sp³-hybridized carbons (Fsp3) is 0.261. The number of aromatic nitrogens is 6. The molecule has 1 aliphatic heterocycles. The van der Waals surface area contributed by atoms with Gasteiger partial charge < -0.3 is 4.90 Å². The van der Waals surface area contributed by atoms with Crippen LogP contribution in [0.5, 0.6) is 0 Å². The topological polar surface area (TPSA) is 81.7 Å². The van der Waals surface area contributed by atoms with Gasteiger partial charge in [-0.25, -0.2) is 8.78 Å². The SMILES string of the molecule is O=C(c1cc(F)cc(F)c1)N1CCC(c2nnc(Cn3nccn3)n2-c2ccc(Cl)cc2)CC1. The lowest BCUT2D eigenvalue weighted by atomic mass is 9.95. The molecule has 4 aromatic rings. The molecule has 0 unspecified atom stereocenters. The minimum atomic E-state index is -0.770. The van der Waals surface area contributed by atoms with Crippen molar-refractivity contribution in [3.05, 3.63) is 88.7 Å². The van der Waals surface area contributed by atoms with E-state index in [0.29, 0.717) is 43.3 Å². The lowest BCUT2D eigenvalue weighted by molar-refractivity contribution is 0.0709. The molecule has 11 heteroatoms. The van der Waals surface area contributed by atoms with Gasteiger partial charge >= 0.3 is 0 Å². The highest BCUT2D eigenvalue weighted by Crippen LogP contribution is 2.30. The van der Waals surface area contributed by atoms with Crippen LogP contribution < -0.4 is 0 Å². The molecule has 174 valence electrons.